The molecular weight excluding hydrogens is 312 g/mol. The zero-order chi connectivity index (χ0) is 18.3. The number of aliphatic hydroxyl groups excluding tert-OH is 1. The maximum Gasteiger partial charge on any atom is 0.321 e. The molecule has 0 saturated carbocycles. The lowest BCUT2D eigenvalue weighted by Gasteiger charge is -2.06. The Bertz CT molecular complexity index is 499. The molecule has 0 saturated heterocycles. The number of hydrazine groups is 1. The molecule has 6 heteroatoms. The van der Waals surface area contributed by atoms with Crippen molar-refractivity contribution in [3.63, 3.8) is 0 Å². The summed E-state index contributed by atoms with van der Waals surface area (Å²) in [5.41, 5.74) is 4.79. The number of benzene rings is 1. The van der Waals surface area contributed by atoms with Gasteiger partial charge in [0.2, 0.25) is 0 Å². The molecule has 1 aromatic heterocycles. The third kappa shape index (κ3) is 10.0. The van der Waals surface area contributed by atoms with Crippen molar-refractivity contribution in [1.29, 1.82) is 0 Å². The second-order valence-corrected chi connectivity index (χ2v) is 5.09. The van der Waals surface area contributed by atoms with Gasteiger partial charge in [-0.05, 0) is 44.4 Å². The predicted octanol–water partition coefficient (Wildman–Crippen LogP) is 3.73. The fourth-order valence-electron chi connectivity index (χ4n) is 1.89. The standard InChI is InChI=1S/C9H12OS.C7H9O.CH4O.H4N2/c1-6-4-7(2)9(11-10)8(3)5-6;1-2-7-4-3-5-8-6-7;2*1-2/h4-5,10H,1-3H3;3-6H,2H2,1H3;2H,1H3;1-2H2/q;+1;;. The monoisotopic (exact) mass is 341 g/mol. The van der Waals surface area contributed by atoms with Crippen LogP contribution >= 0.6 is 12.0 Å². The molecule has 6 N–H and O–H groups in total. The van der Waals surface area contributed by atoms with Crippen molar-refractivity contribution < 1.29 is 14.1 Å². The molecule has 0 unspecified atom stereocenters. The van der Waals surface area contributed by atoms with Crippen LogP contribution in [0.1, 0.15) is 29.2 Å². The molecule has 1 aromatic carbocycles. The Morgan fingerprint density at radius 2 is 1.61 bits per heavy atom. The first-order valence-electron chi connectivity index (χ1n) is 7.10. The van der Waals surface area contributed by atoms with Crippen molar-refractivity contribution in [3.8, 4) is 0 Å². The maximum absolute atomic E-state index is 8.91. The Morgan fingerprint density at radius 1 is 1.09 bits per heavy atom. The molecule has 130 valence electrons. The highest BCUT2D eigenvalue weighted by Crippen LogP contribution is 2.24. The van der Waals surface area contributed by atoms with Gasteiger partial charge in [0.05, 0.1) is 0 Å². The van der Waals surface area contributed by atoms with Gasteiger partial charge >= 0.3 is 12.5 Å². The second-order valence-electron chi connectivity index (χ2n) is 4.50. The van der Waals surface area contributed by atoms with Gasteiger partial charge in [-0.3, -0.25) is 11.7 Å². The molecule has 0 spiro atoms. The number of rotatable bonds is 2. The van der Waals surface area contributed by atoms with E-state index in [1.807, 2.05) is 26.0 Å². The van der Waals surface area contributed by atoms with E-state index in [4.69, 9.17) is 14.1 Å². The Labute approximate surface area is 143 Å². The summed E-state index contributed by atoms with van der Waals surface area (Å²) < 4.78 is 13.8. The number of aryl methyl sites for hydroxylation is 4. The lowest BCUT2D eigenvalue weighted by atomic mass is 10.1. The fourth-order valence-corrected chi connectivity index (χ4v) is 2.29. The number of nitrogens with two attached hydrogens (primary N) is 2. The Hall–Kier alpha value is -1.44. The third-order valence-electron chi connectivity index (χ3n) is 2.79. The molecule has 0 bridgehead atoms. The van der Waals surface area contributed by atoms with Crippen LogP contribution in [0.2, 0.25) is 0 Å². The van der Waals surface area contributed by atoms with E-state index >= 15 is 0 Å². The van der Waals surface area contributed by atoms with Gasteiger partial charge in [0.15, 0.2) is 0 Å². The van der Waals surface area contributed by atoms with Crippen molar-refractivity contribution in [2.24, 2.45) is 11.7 Å². The first-order chi connectivity index (χ1) is 11.1. The second kappa shape index (κ2) is 15.5. The van der Waals surface area contributed by atoms with Crippen molar-refractivity contribution in [3.05, 3.63) is 59.0 Å². The Balaban J connectivity index is 0. The molecular formula is C17H29N2O3S+. The molecule has 2 aromatic rings. The highest BCUT2D eigenvalue weighted by Gasteiger charge is 2.02. The number of hydrogen-bond acceptors (Lipinski definition) is 5. The predicted molar refractivity (Wildman–Crippen MR) is 98.1 cm³/mol. The van der Waals surface area contributed by atoms with Crippen LogP contribution < -0.4 is 11.7 Å². The highest BCUT2D eigenvalue weighted by molar-refractivity contribution is 7.93. The Morgan fingerprint density at radius 3 is 1.91 bits per heavy atom. The molecule has 23 heavy (non-hydrogen) atoms. The summed E-state index contributed by atoms with van der Waals surface area (Å²) in [6, 6.07) is 8.10. The van der Waals surface area contributed by atoms with Crippen LogP contribution in [0, 0.1) is 20.8 Å². The van der Waals surface area contributed by atoms with Gasteiger partial charge in [-0.1, -0.05) is 24.6 Å². The van der Waals surface area contributed by atoms with Gasteiger partial charge in [-0.15, -0.1) is 0 Å². The first-order valence-corrected chi connectivity index (χ1v) is 7.87. The molecule has 2 rings (SSSR count). The lowest BCUT2D eigenvalue weighted by Crippen LogP contribution is -2.02. The lowest BCUT2D eigenvalue weighted by molar-refractivity contribution is 0.399. The fraction of sp³-hybridized carbons (Fsp3) is 0.353. The summed E-state index contributed by atoms with van der Waals surface area (Å²) in [7, 11) is 1.00. The topological polar surface area (TPSA) is 104 Å². The van der Waals surface area contributed by atoms with Gasteiger partial charge in [0, 0.05) is 35.7 Å². The van der Waals surface area contributed by atoms with E-state index in [2.05, 4.69) is 37.7 Å². The molecule has 0 aliphatic rings. The minimum atomic E-state index is 0.831. The van der Waals surface area contributed by atoms with Gasteiger partial charge in [0.25, 0.3) is 0 Å². The van der Waals surface area contributed by atoms with Crippen LogP contribution in [0.5, 0.6) is 0 Å². The quantitative estimate of drug-likeness (QED) is 0.287. The molecule has 0 aliphatic heterocycles. The smallest absolute Gasteiger partial charge is 0.321 e. The van der Waals surface area contributed by atoms with Crippen molar-refractivity contribution in [1.82, 2.24) is 0 Å². The third-order valence-corrected chi connectivity index (χ3v) is 3.62. The summed E-state index contributed by atoms with van der Waals surface area (Å²) in [6.45, 7) is 8.19. The average Bonchev–Trinajstić information content (AvgIpc) is 2.59. The van der Waals surface area contributed by atoms with Crippen LogP contribution in [-0.2, 0) is 6.42 Å². The van der Waals surface area contributed by atoms with E-state index in [0.29, 0.717) is 0 Å². The van der Waals surface area contributed by atoms with Crippen LogP contribution in [0.25, 0.3) is 0 Å². The minimum Gasteiger partial charge on any atom is -0.400 e. The zero-order valence-electron chi connectivity index (χ0n) is 14.5. The van der Waals surface area contributed by atoms with Crippen LogP contribution in [0.3, 0.4) is 0 Å². The van der Waals surface area contributed by atoms with Crippen LogP contribution in [0.15, 0.2) is 46.1 Å². The zero-order valence-corrected chi connectivity index (χ0v) is 15.4. The van der Waals surface area contributed by atoms with E-state index in [1.165, 1.54) is 11.1 Å². The van der Waals surface area contributed by atoms with Crippen molar-refractivity contribution >= 4 is 12.0 Å². The van der Waals surface area contributed by atoms with Gasteiger partial charge in [-0.25, -0.2) is 4.42 Å². The molecule has 5 nitrogen and oxygen atoms in total. The maximum atomic E-state index is 8.91. The SMILES string of the molecule is CCc1ccc[o+]c1.CO.Cc1cc(C)c(SO)c(C)c1.NN. The number of hydrogen-bond donors (Lipinski definition) is 4. The number of aliphatic hydroxyl groups is 1. The normalized spacial score (nSPS) is 8.57. The summed E-state index contributed by atoms with van der Waals surface area (Å²) in [5, 5.41) is 7.00. The van der Waals surface area contributed by atoms with E-state index in [9.17, 15) is 0 Å². The molecule has 0 atom stereocenters. The van der Waals surface area contributed by atoms with Gasteiger partial charge < -0.3 is 9.66 Å². The largest absolute Gasteiger partial charge is 0.400 e. The van der Waals surface area contributed by atoms with Crippen LogP contribution in [0.4, 0.5) is 0 Å². The van der Waals surface area contributed by atoms with Gasteiger partial charge in [0.1, 0.15) is 0 Å². The summed E-state index contributed by atoms with van der Waals surface area (Å²) >= 11 is 0.831. The first kappa shape index (κ1) is 23.8. The van der Waals surface area contributed by atoms with Crippen LogP contribution in [-0.4, -0.2) is 16.8 Å². The molecule has 0 amide bonds. The van der Waals surface area contributed by atoms with Crippen molar-refractivity contribution in [2.45, 2.75) is 39.0 Å². The molecule has 0 aliphatic carbocycles. The van der Waals surface area contributed by atoms with E-state index < -0.39 is 0 Å². The summed E-state index contributed by atoms with van der Waals surface area (Å²) in [4.78, 5) is 0.982. The molecule has 1 heterocycles. The molecule has 0 fully saturated rings. The summed E-state index contributed by atoms with van der Waals surface area (Å²) in [6.07, 6.45) is 4.48. The van der Waals surface area contributed by atoms with E-state index in [-0.39, 0.29) is 0 Å². The molecule has 0 radical (unpaired) electrons. The van der Waals surface area contributed by atoms with E-state index in [0.717, 1.165) is 41.6 Å². The average molecular weight is 341 g/mol. The minimum absolute atomic E-state index is 0.831. The van der Waals surface area contributed by atoms with Gasteiger partial charge in [-0.2, -0.15) is 0 Å². The Kier molecular flexibility index (Phi) is 16.0. The van der Waals surface area contributed by atoms with Crippen molar-refractivity contribution in [2.75, 3.05) is 7.11 Å². The highest BCUT2D eigenvalue weighted by atomic mass is 32.2. The summed E-state index contributed by atoms with van der Waals surface area (Å²) in [5.74, 6) is 8.00. The van der Waals surface area contributed by atoms with E-state index in [1.54, 1.807) is 12.5 Å².